The van der Waals surface area contributed by atoms with Crippen molar-refractivity contribution in [3.63, 3.8) is 0 Å². The molecule has 1 aromatic rings. The number of anilines is 1. The zero-order chi connectivity index (χ0) is 22.6. The summed E-state index contributed by atoms with van der Waals surface area (Å²) in [5, 5.41) is 9.17. The minimum Gasteiger partial charge on any atom is -0.365 e. The zero-order valence-electron chi connectivity index (χ0n) is 18.2. The molecule has 0 bridgehead atoms. The molecule has 0 saturated carbocycles. The van der Waals surface area contributed by atoms with Crippen molar-refractivity contribution < 1.29 is 18.4 Å². The van der Waals surface area contributed by atoms with Crippen LogP contribution in [-0.4, -0.2) is 67.6 Å². The number of carbonyl (C=O) groups is 2. The van der Waals surface area contributed by atoms with E-state index in [2.05, 4.69) is 20.9 Å². The standard InChI is InChI=1S/C21H30F2N6O2/c1-4-21(2)18(30)29(20(31)27-21)11-6-10-25-19(24-3)26-14-9-12-28(13-14)17-15(22)7-5-8-16(17)23/h5,7-8,14H,4,6,9-13H2,1-3H3,(H,27,31)(H2,24,25,26). The number of benzene rings is 1. The van der Waals surface area contributed by atoms with Gasteiger partial charge in [0, 0.05) is 39.3 Å². The molecule has 2 fully saturated rings. The summed E-state index contributed by atoms with van der Waals surface area (Å²) >= 11 is 0. The molecular weight excluding hydrogens is 406 g/mol. The van der Waals surface area contributed by atoms with E-state index < -0.39 is 17.2 Å². The topological polar surface area (TPSA) is 89.1 Å². The monoisotopic (exact) mass is 436 g/mol. The van der Waals surface area contributed by atoms with Gasteiger partial charge in [-0.05, 0) is 38.3 Å². The molecule has 0 aliphatic carbocycles. The second kappa shape index (κ2) is 9.49. The third kappa shape index (κ3) is 4.88. The average Bonchev–Trinajstić information content (AvgIpc) is 3.27. The Hall–Kier alpha value is -2.91. The minimum atomic E-state index is -0.825. The fourth-order valence-electron chi connectivity index (χ4n) is 3.89. The maximum atomic E-state index is 14.0. The van der Waals surface area contributed by atoms with Crippen LogP contribution < -0.4 is 20.9 Å². The molecule has 170 valence electrons. The lowest BCUT2D eigenvalue weighted by Crippen LogP contribution is -2.45. The van der Waals surface area contributed by atoms with Gasteiger partial charge in [-0.2, -0.15) is 0 Å². The normalized spacial score (nSPS) is 24.0. The zero-order valence-corrected chi connectivity index (χ0v) is 18.2. The van der Waals surface area contributed by atoms with Gasteiger partial charge in [0.2, 0.25) is 0 Å². The Morgan fingerprint density at radius 2 is 2.03 bits per heavy atom. The van der Waals surface area contributed by atoms with E-state index in [1.165, 1.54) is 23.1 Å². The molecule has 2 atom stereocenters. The van der Waals surface area contributed by atoms with Crippen LogP contribution in [-0.2, 0) is 4.79 Å². The number of para-hydroxylation sites is 1. The smallest absolute Gasteiger partial charge is 0.325 e. The number of imide groups is 1. The average molecular weight is 437 g/mol. The van der Waals surface area contributed by atoms with Crippen molar-refractivity contribution in [2.24, 2.45) is 4.99 Å². The quantitative estimate of drug-likeness (QED) is 0.263. The number of hydrogen-bond donors (Lipinski definition) is 3. The number of nitrogens with one attached hydrogen (secondary N) is 3. The lowest BCUT2D eigenvalue weighted by atomic mass is 9.99. The van der Waals surface area contributed by atoms with E-state index in [1.54, 1.807) is 18.9 Å². The number of hydrogen-bond acceptors (Lipinski definition) is 4. The molecule has 10 heteroatoms. The van der Waals surface area contributed by atoms with E-state index in [0.29, 0.717) is 51.4 Å². The van der Waals surface area contributed by atoms with E-state index in [9.17, 15) is 18.4 Å². The van der Waals surface area contributed by atoms with Crippen LogP contribution in [0.25, 0.3) is 0 Å². The summed E-state index contributed by atoms with van der Waals surface area (Å²) in [4.78, 5) is 31.6. The summed E-state index contributed by atoms with van der Waals surface area (Å²) in [5.41, 5.74) is -0.823. The number of carbonyl (C=O) groups excluding carboxylic acids is 2. The minimum absolute atomic E-state index is 0.00221. The molecule has 0 radical (unpaired) electrons. The van der Waals surface area contributed by atoms with Crippen molar-refractivity contribution in [1.29, 1.82) is 0 Å². The van der Waals surface area contributed by atoms with E-state index >= 15 is 0 Å². The third-order valence-electron chi connectivity index (χ3n) is 5.91. The van der Waals surface area contributed by atoms with E-state index in [0.717, 1.165) is 0 Å². The second-order valence-electron chi connectivity index (χ2n) is 8.07. The van der Waals surface area contributed by atoms with Gasteiger partial charge in [0.1, 0.15) is 22.9 Å². The van der Waals surface area contributed by atoms with E-state index in [-0.39, 0.29) is 23.7 Å². The summed E-state index contributed by atoms with van der Waals surface area (Å²) in [6.07, 6.45) is 1.82. The van der Waals surface area contributed by atoms with Crippen molar-refractivity contribution in [2.45, 2.75) is 44.7 Å². The highest BCUT2D eigenvalue weighted by molar-refractivity contribution is 6.06. The lowest BCUT2D eigenvalue weighted by Gasteiger charge is -2.21. The maximum absolute atomic E-state index is 14.0. The van der Waals surface area contributed by atoms with Gasteiger partial charge in [-0.1, -0.05) is 13.0 Å². The first-order valence-corrected chi connectivity index (χ1v) is 10.6. The Balaban J connectivity index is 1.45. The van der Waals surface area contributed by atoms with Crippen molar-refractivity contribution in [1.82, 2.24) is 20.9 Å². The second-order valence-corrected chi connectivity index (χ2v) is 8.07. The van der Waals surface area contributed by atoms with Gasteiger partial charge in [-0.15, -0.1) is 0 Å². The first-order valence-electron chi connectivity index (χ1n) is 10.6. The Bertz CT molecular complexity index is 844. The van der Waals surface area contributed by atoms with Crippen LogP contribution in [0, 0.1) is 11.6 Å². The SMILES string of the molecule is CCC1(C)NC(=O)N(CCCNC(=NC)NC2CCN(c3c(F)cccc3F)C2)C1=O. The number of guanidine groups is 1. The lowest BCUT2D eigenvalue weighted by molar-refractivity contribution is -0.130. The van der Waals surface area contributed by atoms with Crippen molar-refractivity contribution in [2.75, 3.05) is 38.1 Å². The van der Waals surface area contributed by atoms with Gasteiger partial charge in [-0.3, -0.25) is 14.7 Å². The maximum Gasteiger partial charge on any atom is 0.325 e. The predicted molar refractivity (Wildman–Crippen MR) is 115 cm³/mol. The first kappa shape index (κ1) is 22.8. The van der Waals surface area contributed by atoms with Crippen LogP contribution in [0.3, 0.4) is 0 Å². The first-order chi connectivity index (χ1) is 14.8. The van der Waals surface area contributed by atoms with Gasteiger partial charge in [0.05, 0.1) is 0 Å². The predicted octanol–water partition coefficient (Wildman–Crippen LogP) is 1.82. The molecule has 2 aliphatic rings. The number of rotatable bonds is 7. The molecule has 3 amide bonds. The van der Waals surface area contributed by atoms with Crippen LogP contribution in [0.2, 0.25) is 0 Å². The number of amides is 3. The van der Waals surface area contributed by atoms with Crippen LogP contribution in [0.4, 0.5) is 19.3 Å². The summed E-state index contributed by atoms with van der Waals surface area (Å²) in [5.74, 6) is -0.768. The number of halogens is 2. The number of nitrogens with zero attached hydrogens (tertiary/aromatic N) is 3. The third-order valence-corrected chi connectivity index (χ3v) is 5.91. The van der Waals surface area contributed by atoms with Gasteiger partial charge >= 0.3 is 6.03 Å². The fourth-order valence-corrected chi connectivity index (χ4v) is 3.89. The van der Waals surface area contributed by atoms with Gasteiger partial charge in [0.15, 0.2) is 5.96 Å². The van der Waals surface area contributed by atoms with Crippen LogP contribution >= 0.6 is 0 Å². The Morgan fingerprint density at radius 3 is 2.65 bits per heavy atom. The van der Waals surface area contributed by atoms with Crippen molar-refractivity contribution in [3.05, 3.63) is 29.8 Å². The van der Waals surface area contributed by atoms with E-state index in [4.69, 9.17) is 0 Å². The summed E-state index contributed by atoms with van der Waals surface area (Å²) in [6.45, 7) is 5.41. The van der Waals surface area contributed by atoms with Gasteiger partial charge < -0.3 is 20.9 Å². The number of aliphatic imine (C=N–C) groups is 1. The molecule has 2 heterocycles. The highest BCUT2D eigenvalue weighted by Gasteiger charge is 2.45. The highest BCUT2D eigenvalue weighted by Crippen LogP contribution is 2.26. The van der Waals surface area contributed by atoms with Crippen LogP contribution in [0.5, 0.6) is 0 Å². The van der Waals surface area contributed by atoms with Crippen LogP contribution in [0.1, 0.15) is 33.1 Å². The largest absolute Gasteiger partial charge is 0.365 e. The van der Waals surface area contributed by atoms with Crippen LogP contribution in [0.15, 0.2) is 23.2 Å². The molecular formula is C21H30F2N6O2. The molecule has 8 nitrogen and oxygen atoms in total. The highest BCUT2D eigenvalue weighted by atomic mass is 19.1. The summed E-state index contributed by atoms with van der Waals surface area (Å²) in [6, 6.07) is 3.50. The Kier molecular flexibility index (Phi) is 6.97. The van der Waals surface area contributed by atoms with Gasteiger partial charge in [-0.25, -0.2) is 13.6 Å². The fraction of sp³-hybridized carbons (Fsp3) is 0.571. The molecule has 31 heavy (non-hydrogen) atoms. The molecule has 2 saturated heterocycles. The van der Waals surface area contributed by atoms with Crippen molar-refractivity contribution in [3.8, 4) is 0 Å². The molecule has 3 rings (SSSR count). The Labute approximate surface area is 181 Å². The molecule has 0 spiro atoms. The molecule has 3 N–H and O–H groups in total. The van der Waals surface area contributed by atoms with Crippen molar-refractivity contribution >= 4 is 23.6 Å². The Morgan fingerprint density at radius 1 is 1.32 bits per heavy atom. The van der Waals surface area contributed by atoms with E-state index in [1.807, 2.05) is 6.92 Å². The molecule has 2 unspecified atom stereocenters. The molecule has 2 aliphatic heterocycles. The molecule has 0 aromatic heterocycles. The van der Waals surface area contributed by atoms with Gasteiger partial charge in [0.25, 0.3) is 5.91 Å². The summed E-state index contributed by atoms with van der Waals surface area (Å²) in [7, 11) is 1.64. The molecule has 1 aromatic carbocycles. The number of urea groups is 1. The summed E-state index contributed by atoms with van der Waals surface area (Å²) < 4.78 is 28.0.